The lowest BCUT2D eigenvalue weighted by Crippen LogP contribution is -2.36. The molecule has 0 aliphatic carbocycles. The zero-order valence-electron chi connectivity index (χ0n) is 20.6. The summed E-state index contributed by atoms with van der Waals surface area (Å²) in [4.78, 5) is 12.1. The van der Waals surface area contributed by atoms with Crippen molar-refractivity contribution in [1.29, 1.82) is 0 Å². The van der Waals surface area contributed by atoms with Gasteiger partial charge >= 0.3 is 0 Å². The van der Waals surface area contributed by atoms with Crippen LogP contribution in [-0.4, -0.2) is 38.3 Å². The SMILES string of the molecule is CCC(c1ccc(C)c(CN2C[C@@H](CC)Oc3ccccc3S2(=O)=O)c1)c1ccc(C(=O)NC)o1. The normalized spacial score (nSPS) is 18.2. The predicted molar refractivity (Wildman–Crippen MR) is 134 cm³/mol. The topological polar surface area (TPSA) is 88.8 Å². The van der Waals surface area contributed by atoms with Crippen LogP contribution in [0.5, 0.6) is 5.75 Å². The van der Waals surface area contributed by atoms with Gasteiger partial charge in [-0.1, -0.05) is 44.2 Å². The molecule has 2 atom stereocenters. The Hall–Kier alpha value is -3.10. The van der Waals surface area contributed by atoms with Crippen molar-refractivity contribution in [2.24, 2.45) is 0 Å². The number of carbonyl (C=O) groups excluding carboxylic acids is 1. The van der Waals surface area contributed by atoms with Crippen LogP contribution in [0, 0.1) is 6.92 Å². The molecule has 0 saturated carbocycles. The number of fused-ring (bicyclic) bond motifs is 1. The second-order valence-corrected chi connectivity index (χ2v) is 10.7. The van der Waals surface area contributed by atoms with Crippen molar-refractivity contribution in [1.82, 2.24) is 9.62 Å². The van der Waals surface area contributed by atoms with Crippen molar-refractivity contribution < 1.29 is 22.4 Å². The highest BCUT2D eigenvalue weighted by molar-refractivity contribution is 7.89. The number of para-hydroxylation sites is 1. The van der Waals surface area contributed by atoms with Crippen LogP contribution in [0.1, 0.15) is 65.6 Å². The van der Waals surface area contributed by atoms with Crippen molar-refractivity contribution in [3.63, 3.8) is 0 Å². The van der Waals surface area contributed by atoms with Crippen LogP contribution in [0.3, 0.4) is 0 Å². The lowest BCUT2D eigenvalue weighted by atomic mass is 9.91. The average Bonchev–Trinajstić information content (AvgIpc) is 3.31. The Kier molecular flexibility index (Phi) is 7.33. The standard InChI is InChI=1S/C27H32N2O5S/c1-5-21-17-29(35(31,32)26-10-8-7-9-24(26)33-21)16-20-15-19(12-11-18(20)3)22(6-2)23-13-14-25(34-23)27(30)28-4/h7-15,21-22H,5-6,16-17H2,1-4H3,(H,28,30)/t21-,22?/m1/s1. The Labute approximate surface area is 207 Å². The molecule has 3 aromatic rings. The smallest absolute Gasteiger partial charge is 0.286 e. The Bertz CT molecular complexity index is 1310. The maximum atomic E-state index is 13.6. The average molecular weight is 497 g/mol. The lowest BCUT2D eigenvalue weighted by molar-refractivity contribution is 0.0933. The first kappa shape index (κ1) is 25.0. The number of hydrogen-bond acceptors (Lipinski definition) is 5. The maximum Gasteiger partial charge on any atom is 0.286 e. The van der Waals surface area contributed by atoms with Crippen molar-refractivity contribution >= 4 is 15.9 Å². The van der Waals surface area contributed by atoms with Gasteiger partial charge in [0.05, 0.1) is 6.54 Å². The molecule has 0 spiro atoms. The summed E-state index contributed by atoms with van der Waals surface area (Å²) in [7, 11) is -2.16. The highest BCUT2D eigenvalue weighted by atomic mass is 32.2. The number of ether oxygens (including phenoxy) is 1. The highest BCUT2D eigenvalue weighted by Crippen LogP contribution is 2.34. The Morgan fingerprint density at radius 1 is 1.14 bits per heavy atom. The van der Waals surface area contributed by atoms with Crippen molar-refractivity contribution in [3.8, 4) is 5.75 Å². The summed E-state index contributed by atoms with van der Waals surface area (Å²) in [5.41, 5.74) is 2.95. The van der Waals surface area contributed by atoms with Crippen LogP contribution >= 0.6 is 0 Å². The second-order valence-electron chi connectivity index (χ2n) is 8.82. The third-order valence-electron chi connectivity index (χ3n) is 6.57. The summed E-state index contributed by atoms with van der Waals surface area (Å²) in [5, 5.41) is 2.58. The van der Waals surface area contributed by atoms with Gasteiger partial charge in [-0.2, -0.15) is 4.31 Å². The first-order valence-corrected chi connectivity index (χ1v) is 13.4. The van der Waals surface area contributed by atoms with Crippen LogP contribution in [-0.2, 0) is 16.6 Å². The molecule has 2 heterocycles. The number of carbonyl (C=O) groups is 1. The minimum atomic E-state index is -3.73. The molecular formula is C27H32N2O5S. The number of nitrogens with one attached hydrogen (secondary N) is 1. The van der Waals surface area contributed by atoms with Gasteiger partial charge < -0.3 is 14.5 Å². The van der Waals surface area contributed by atoms with Gasteiger partial charge in [0.1, 0.15) is 22.5 Å². The van der Waals surface area contributed by atoms with Gasteiger partial charge in [0, 0.05) is 19.5 Å². The minimum Gasteiger partial charge on any atom is -0.488 e. The first-order valence-electron chi connectivity index (χ1n) is 12.0. The fourth-order valence-corrected chi connectivity index (χ4v) is 6.03. The molecule has 0 fully saturated rings. The highest BCUT2D eigenvalue weighted by Gasteiger charge is 2.34. The molecule has 1 amide bonds. The fourth-order valence-electron chi connectivity index (χ4n) is 4.46. The summed E-state index contributed by atoms with van der Waals surface area (Å²) in [5.74, 6) is 1.06. The minimum absolute atomic E-state index is 0.0547. The van der Waals surface area contributed by atoms with Gasteiger partial charge in [-0.3, -0.25) is 4.79 Å². The third kappa shape index (κ3) is 4.99. The molecule has 1 N–H and O–H groups in total. The van der Waals surface area contributed by atoms with E-state index < -0.39 is 10.0 Å². The molecule has 7 nitrogen and oxygen atoms in total. The summed E-state index contributed by atoms with van der Waals surface area (Å²) in [6.07, 6.45) is 1.24. The summed E-state index contributed by atoms with van der Waals surface area (Å²) in [6.45, 7) is 6.57. The Morgan fingerprint density at radius 3 is 2.63 bits per heavy atom. The Morgan fingerprint density at radius 2 is 1.91 bits per heavy atom. The molecule has 0 bridgehead atoms. The number of benzene rings is 2. The van der Waals surface area contributed by atoms with Crippen LogP contribution in [0.25, 0.3) is 0 Å². The van der Waals surface area contributed by atoms with E-state index in [1.807, 2.05) is 32.0 Å². The molecule has 0 saturated heterocycles. The van der Waals surface area contributed by atoms with E-state index in [0.717, 1.165) is 23.1 Å². The van der Waals surface area contributed by atoms with Gasteiger partial charge in [0.2, 0.25) is 10.0 Å². The molecule has 2 aromatic carbocycles. The summed E-state index contributed by atoms with van der Waals surface area (Å²) < 4.78 is 40.6. The van der Waals surface area contributed by atoms with Crippen LogP contribution in [0.2, 0.25) is 0 Å². The first-order chi connectivity index (χ1) is 16.8. The zero-order valence-corrected chi connectivity index (χ0v) is 21.4. The number of hydrogen-bond donors (Lipinski definition) is 1. The number of amides is 1. The molecule has 8 heteroatoms. The zero-order chi connectivity index (χ0) is 25.2. The largest absolute Gasteiger partial charge is 0.488 e. The summed E-state index contributed by atoms with van der Waals surface area (Å²) >= 11 is 0. The quantitative estimate of drug-likeness (QED) is 0.505. The van der Waals surface area contributed by atoms with Crippen LogP contribution in [0.4, 0.5) is 0 Å². The number of nitrogens with zero attached hydrogens (tertiary/aromatic N) is 1. The van der Waals surface area contributed by atoms with Gasteiger partial charge in [0.25, 0.3) is 5.91 Å². The fraction of sp³-hybridized carbons (Fsp3) is 0.370. The third-order valence-corrected chi connectivity index (χ3v) is 8.43. The molecule has 4 rings (SSSR count). The van der Waals surface area contributed by atoms with Crippen LogP contribution < -0.4 is 10.1 Å². The molecular weight excluding hydrogens is 464 g/mol. The predicted octanol–water partition coefficient (Wildman–Crippen LogP) is 4.85. The molecule has 186 valence electrons. The number of sulfonamides is 1. The van der Waals surface area contributed by atoms with Crippen molar-refractivity contribution in [2.45, 2.75) is 57.1 Å². The van der Waals surface area contributed by atoms with E-state index in [0.29, 0.717) is 17.9 Å². The monoisotopic (exact) mass is 496 g/mol. The molecule has 1 unspecified atom stereocenters. The van der Waals surface area contributed by atoms with Crippen molar-refractivity contribution in [3.05, 3.63) is 82.8 Å². The van der Waals surface area contributed by atoms with Gasteiger partial charge in [-0.05, 0) is 60.7 Å². The van der Waals surface area contributed by atoms with Crippen LogP contribution in [0.15, 0.2) is 63.9 Å². The van der Waals surface area contributed by atoms with E-state index >= 15 is 0 Å². The van der Waals surface area contributed by atoms with E-state index in [2.05, 4.69) is 18.3 Å². The lowest BCUT2D eigenvalue weighted by Gasteiger charge is -2.24. The molecule has 1 aromatic heterocycles. The molecule has 0 radical (unpaired) electrons. The van der Waals surface area contributed by atoms with Gasteiger partial charge in [-0.25, -0.2) is 8.42 Å². The van der Waals surface area contributed by atoms with Gasteiger partial charge in [0.15, 0.2) is 5.76 Å². The van der Waals surface area contributed by atoms with E-state index in [1.165, 1.54) is 4.31 Å². The number of furan rings is 1. The Balaban J connectivity index is 1.68. The number of aryl methyl sites for hydroxylation is 1. The molecule has 1 aliphatic rings. The second kappa shape index (κ2) is 10.3. The van der Waals surface area contributed by atoms with E-state index in [4.69, 9.17) is 9.15 Å². The van der Waals surface area contributed by atoms with E-state index in [1.54, 1.807) is 37.4 Å². The molecule has 35 heavy (non-hydrogen) atoms. The van der Waals surface area contributed by atoms with Gasteiger partial charge in [-0.15, -0.1) is 0 Å². The number of rotatable bonds is 7. The summed E-state index contributed by atoms with van der Waals surface area (Å²) in [6, 6.07) is 16.5. The maximum absolute atomic E-state index is 13.6. The van der Waals surface area contributed by atoms with E-state index in [-0.39, 0.29) is 41.7 Å². The van der Waals surface area contributed by atoms with E-state index in [9.17, 15) is 13.2 Å². The van der Waals surface area contributed by atoms with Crippen molar-refractivity contribution in [2.75, 3.05) is 13.6 Å². The molecule has 1 aliphatic heterocycles.